The van der Waals surface area contributed by atoms with E-state index in [0.29, 0.717) is 28.2 Å². The monoisotopic (exact) mass is 474 g/mol. The van der Waals surface area contributed by atoms with Gasteiger partial charge in [0.05, 0.1) is 6.85 Å². The molecule has 5 aromatic carbocycles. The van der Waals surface area contributed by atoms with Gasteiger partial charge in [0.15, 0.2) is 11.6 Å². The van der Waals surface area contributed by atoms with Gasteiger partial charge in [0.1, 0.15) is 0 Å². The minimum absolute atomic E-state index is 0.0432. The largest absolute Gasteiger partial charge is 0.226 e. The summed E-state index contributed by atoms with van der Waals surface area (Å²) in [5.41, 5.74) is 4.11. The molecule has 0 aliphatic rings. The van der Waals surface area contributed by atoms with Crippen LogP contribution in [0, 0.1) is 0 Å². The van der Waals surface area contributed by atoms with Crippen LogP contribution in [0.4, 0.5) is 0 Å². The topological polar surface area (TPSA) is 38.7 Å². The zero-order valence-electron chi connectivity index (χ0n) is 23.4. The van der Waals surface area contributed by atoms with Crippen molar-refractivity contribution in [2.24, 2.45) is 0 Å². The Morgan fingerprint density at radius 2 is 1.06 bits per heavy atom. The van der Waals surface area contributed by atoms with Crippen molar-refractivity contribution < 1.29 is 6.85 Å². The van der Waals surface area contributed by atoms with Crippen molar-refractivity contribution in [1.29, 1.82) is 0 Å². The van der Waals surface area contributed by atoms with Crippen molar-refractivity contribution in [3.63, 3.8) is 0 Å². The van der Waals surface area contributed by atoms with Gasteiger partial charge < -0.3 is 0 Å². The van der Waals surface area contributed by atoms with Gasteiger partial charge in [-0.3, -0.25) is 0 Å². The SMILES string of the molecule is [2H]c1c([2H])c([2H])c(-c2ccc(-c3nc(Cl)nc(-c4ccccc4-c4ccccc4)n3)c3ccccc23)c([2H])c1[2H]. The van der Waals surface area contributed by atoms with Gasteiger partial charge in [-0.15, -0.1) is 0 Å². The molecule has 166 valence electrons. The molecule has 0 spiro atoms. The molecule has 0 fully saturated rings. The summed E-state index contributed by atoms with van der Waals surface area (Å²) in [6.45, 7) is 0. The van der Waals surface area contributed by atoms with Crippen molar-refractivity contribution in [3.05, 3.63) is 126 Å². The first kappa shape index (κ1) is 16.3. The van der Waals surface area contributed by atoms with Crippen LogP contribution in [-0.4, -0.2) is 15.0 Å². The van der Waals surface area contributed by atoms with Gasteiger partial charge in [0.25, 0.3) is 0 Å². The molecule has 4 heteroatoms. The summed E-state index contributed by atoms with van der Waals surface area (Å²) in [7, 11) is 0. The number of halogens is 1. The van der Waals surface area contributed by atoms with E-state index in [9.17, 15) is 0 Å². The molecular formula is C31H20ClN3. The number of rotatable bonds is 4. The highest BCUT2D eigenvalue weighted by Crippen LogP contribution is 2.36. The Kier molecular flexibility index (Phi) is 4.26. The Morgan fingerprint density at radius 3 is 1.80 bits per heavy atom. The van der Waals surface area contributed by atoms with Gasteiger partial charge in [-0.05, 0) is 50.7 Å². The summed E-state index contributed by atoms with van der Waals surface area (Å²) in [6.07, 6.45) is 0. The summed E-state index contributed by atoms with van der Waals surface area (Å²) >= 11 is 6.45. The van der Waals surface area contributed by atoms with Crippen LogP contribution in [0.5, 0.6) is 0 Å². The fraction of sp³-hybridized carbons (Fsp3) is 0. The second kappa shape index (κ2) is 9.13. The molecule has 0 unspecified atom stereocenters. The predicted octanol–water partition coefficient (Wildman–Crippen LogP) is 8.35. The van der Waals surface area contributed by atoms with E-state index in [2.05, 4.69) is 9.97 Å². The lowest BCUT2D eigenvalue weighted by molar-refractivity contribution is 1.07. The molecule has 35 heavy (non-hydrogen) atoms. The molecule has 1 aromatic heterocycles. The smallest absolute Gasteiger partial charge is 0.208 e. The average Bonchev–Trinajstić information content (AvgIpc) is 2.99. The van der Waals surface area contributed by atoms with Crippen LogP contribution < -0.4 is 0 Å². The molecule has 0 aliphatic carbocycles. The fourth-order valence-corrected chi connectivity index (χ4v) is 4.40. The van der Waals surface area contributed by atoms with Crippen LogP contribution in [0.3, 0.4) is 0 Å². The Hall–Kier alpha value is -4.34. The third kappa shape index (κ3) is 4.07. The maximum Gasteiger partial charge on any atom is 0.226 e. The van der Waals surface area contributed by atoms with Crippen molar-refractivity contribution in [2.45, 2.75) is 0 Å². The Bertz CT molecular complexity index is 1900. The summed E-state index contributed by atoms with van der Waals surface area (Å²) in [6, 6.07) is 27.0. The molecule has 0 bridgehead atoms. The van der Waals surface area contributed by atoms with Gasteiger partial charge >= 0.3 is 0 Å². The van der Waals surface area contributed by atoms with Gasteiger partial charge in [-0.25, -0.2) is 4.98 Å². The van der Waals surface area contributed by atoms with E-state index in [1.165, 1.54) is 0 Å². The third-order valence-electron chi connectivity index (χ3n) is 5.80. The number of aromatic nitrogens is 3. The van der Waals surface area contributed by atoms with Gasteiger partial charge in [-0.2, -0.15) is 9.97 Å². The lowest BCUT2D eigenvalue weighted by Crippen LogP contribution is -1.99. The second-order valence-corrected chi connectivity index (χ2v) is 8.21. The third-order valence-corrected chi connectivity index (χ3v) is 5.96. The predicted molar refractivity (Wildman–Crippen MR) is 144 cm³/mol. The van der Waals surface area contributed by atoms with Crippen molar-refractivity contribution in [1.82, 2.24) is 15.0 Å². The molecule has 0 atom stereocenters. The van der Waals surface area contributed by atoms with E-state index in [-0.39, 0.29) is 35.0 Å². The highest BCUT2D eigenvalue weighted by molar-refractivity contribution is 6.28. The molecule has 0 radical (unpaired) electrons. The lowest BCUT2D eigenvalue weighted by Gasteiger charge is -2.13. The lowest BCUT2D eigenvalue weighted by atomic mass is 9.94. The van der Waals surface area contributed by atoms with Crippen LogP contribution in [0.1, 0.15) is 6.85 Å². The Balaban J connectivity index is 1.56. The summed E-state index contributed by atoms with van der Waals surface area (Å²) in [4.78, 5) is 13.7. The first-order valence-electron chi connectivity index (χ1n) is 13.5. The number of hydrogen-bond donors (Lipinski definition) is 0. The maximum atomic E-state index is 8.49. The molecule has 0 saturated carbocycles. The van der Waals surface area contributed by atoms with Crippen LogP contribution in [0.15, 0.2) is 121 Å². The fourth-order valence-electron chi connectivity index (χ4n) is 4.24. The van der Waals surface area contributed by atoms with Crippen molar-refractivity contribution in [2.75, 3.05) is 0 Å². The van der Waals surface area contributed by atoms with E-state index in [0.717, 1.165) is 22.1 Å². The molecule has 6 aromatic rings. The molecule has 0 amide bonds. The normalized spacial score (nSPS) is 13.0. The average molecular weight is 475 g/mol. The zero-order chi connectivity index (χ0) is 28.0. The Labute approximate surface area is 215 Å². The van der Waals surface area contributed by atoms with Crippen molar-refractivity contribution >= 4 is 22.4 Å². The van der Waals surface area contributed by atoms with Crippen LogP contribution >= 0.6 is 11.6 Å². The van der Waals surface area contributed by atoms with Gasteiger partial charge in [-0.1, -0.05) is 115 Å². The van der Waals surface area contributed by atoms with E-state index in [4.69, 9.17) is 23.4 Å². The molecule has 1 heterocycles. The Morgan fingerprint density at radius 1 is 0.486 bits per heavy atom. The zero-order valence-corrected chi connectivity index (χ0v) is 19.1. The highest BCUT2D eigenvalue weighted by atomic mass is 35.5. The quantitative estimate of drug-likeness (QED) is 0.257. The van der Waals surface area contributed by atoms with Crippen LogP contribution in [-0.2, 0) is 0 Å². The maximum absolute atomic E-state index is 8.49. The molecule has 3 nitrogen and oxygen atoms in total. The van der Waals surface area contributed by atoms with E-state index >= 15 is 0 Å². The first-order chi connectivity index (χ1) is 19.3. The van der Waals surface area contributed by atoms with Crippen molar-refractivity contribution in [3.8, 4) is 45.0 Å². The van der Waals surface area contributed by atoms with E-state index < -0.39 is 6.04 Å². The van der Waals surface area contributed by atoms with Gasteiger partial charge in [0, 0.05) is 11.1 Å². The molecule has 6 rings (SSSR count). The minimum Gasteiger partial charge on any atom is -0.208 e. The van der Waals surface area contributed by atoms with Gasteiger partial charge in [0.2, 0.25) is 5.28 Å². The van der Waals surface area contributed by atoms with E-state index in [1.54, 1.807) is 12.1 Å². The summed E-state index contributed by atoms with van der Waals surface area (Å²) < 4.78 is 41.2. The second-order valence-electron chi connectivity index (χ2n) is 7.87. The number of fused-ring (bicyclic) bond motifs is 1. The van der Waals surface area contributed by atoms with Crippen LogP contribution in [0.2, 0.25) is 5.28 Å². The number of benzene rings is 5. The molecule has 0 N–H and O–H groups in total. The molecular weight excluding hydrogens is 450 g/mol. The number of nitrogens with zero attached hydrogens (tertiary/aromatic N) is 3. The van der Waals surface area contributed by atoms with Crippen LogP contribution in [0.25, 0.3) is 55.8 Å². The summed E-state index contributed by atoms with van der Waals surface area (Å²) in [5, 5.41) is 1.49. The van der Waals surface area contributed by atoms with E-state index in [1.807, 2.05) is 78.9 Å². The number of hydrogen-bond acceptors (Lipinski definition) is 3. The standard InChI is InChI=1S/C31H20ClN3/c32-31-34-29(27-18-10-7-15-23(27)21-11-3-1-4-12-21)33-30(35-31)28-20-19-24(22-13-5-2-6-14-22)25-16-8-9-17-26(25)28/h1-20H/i2D,5D,6D,13D,14D. The molecule has 0 aliphatic heterocycles. The summed E-state index contributed by atoms with van der Waals surface area (Å²) in [5.74, 6) is 0.787. The highest BCUT2D eigenvalue weighted by Gasteiger charge is 2.16. The first-order valence-corrected chi connectivity index (χ1v) is 11.4. The molecule has 0 saturated heterocycles. The minimum atomic E-state index is -0.428.